The van der Waals surface area contributed by atoms with Gasteiger partial charge >= 0.3 is 0 Å². The van der Waals surface area contributed by atoms with E-state index >= 15 is 0 Å². The van der Waals surface area contributed by atoms with Crippen molar-refractivity contribution in [3.8, 4) is 0 Å². The van der Waals surface area contributed by atoms with Crippen LogP contribution in [0.4, 0.5) is 0 Å². The fourth-order valence-corrected chi connectivity index (χ4v) is 2.09. The van der Waals surface area contributed by atoms with E-state index in [-0.39, 0.29) is 0 Å². The Balaban J connectivity index is 2.32. The molecule has 0 radical (unpaired) electrons. The first-order valence-electron chi connectivity index (χ1n) is 6.06. The molecule has 84 valence electrons. The molecule has 0 fully saturated rings. The van der Waals surface area contributed by atoms with Gasteiger partial charge in [-0.3, -0.25) is 0 Å². The average Bonchev–Trinajstić information content (AvgIpc) is 2.18. The van der Waals surface area contributed by atoms with Crippen LogP contribution < -0.4 is 0 Å². The number of hydrogen-bond acceptors (Lipinski definition) is 0. The Hall–Kier alpha value is -0.780. The Morgan fingerprint density at radius 2 is 2.27 bits per heavy atom. The SMILES string of the molecule is C=C(CCC=C(C)C)C1CC=C(C)CC1. The third kappa shape index (κ3) is 4.51. The second kappa shape index (κ2) is 5.95. The van der Waals surface area contributed by atoms with Crippen molar-refractivity contribution < 1.29 is 0 Å². The van der Waals surface area contributed by atoms with Crippen LogP contribution >= 0.6 is 0 Å². The number of rotatable bonds is 4. The Morgan fingerprint density at radius 3 is 2.80 bits per heavy atom. The molecule has 15 heavy (non-hydrogen) atoms. The van der Waals surface area contributed by atoms with E-state index in [4.69, 9.17) is 0 Å². The highest BCUT2D eigenvalue weighted by Gasteiger charge is 2.14. The first-order valence-corrected chi connectivity index (χ1v) is 6.06. The molecule has 0 aromatic heterocycles. The van der Waals surface area contributed by atoms with Gasteiger partial charge in [0.2, 0.25) is 0 Å². The molecule has 0 aromatic rings. The lowest BCUT2D eigenvalue weighted by molar-refractivity contribution is 0.524. The fourth-order valence-electron chi connectivity index (χ4n) is 2.09. The first-order chi connectivity index (χ1) is 7.09. The van der Waals surface area contributed by atoms with Crippen LogP contribution in [0.15, 0.2) is 35.5 Å². The molecule has 0 nitrogen and oxygen atoms in total. The highest BCUT2D eigenvalue weighted by atomic mass is 14.2. The maximum Gasteiger partial charge on any atom is -0.0168 e. The predicted molar refractivity (Wildman–Crippen MR) is 68.9 cm³/mol. The lowest BCUT2D eigenvalue weighted by Crippen LogP contribution is -2.07. The molecule has 0 aliphatic heterocycles. The van der Waals surface area contributed by atoms with Crippen LogP contribution in [0.3, 0.4) is 0 Å². The Labute approximate surface area is 94.8 Å². The smallest absolute Gasteiger partial charge is 0.0168 e. The van der Waals surface area contributed by atoms with Gasteiger partial charge in [0.15, 0.2) is 0 Å². The molecular weight excluding hydrogens is 180 g/mol. The topological polar surface area (TPSA) is 0 Å². The summed E-state index contributed by atoms with van der Waals surface area (Å²) in [5, 5.41) is 0. The summed E-state index contributed by atoms with van der Waals surface area (Å²) in [5.41, 5.74) is 4.43. The van der Waals surface area contributed by atoms with Crippen molar-refractivity contribution in [2.75, 3.05) is 0 Å². The van der Waals surface area contributed by atoms with E-state index in [0.717, 1.165) is 5.92 Å². The van der Waals surface area contributed by atoms with Gasteiger partial charge in [0.05, 0.1) is 0 Å². The molecule has 1 aliphatic carbocycles. The minimum atomic E-state index is 0.749. The molecule has 0 aromatic carbocycles. The van der Waals surface area contributed by atoms with Gasteiger partial charge in [-0.1, -0.05) is 35.5 Å². The molecule has 0 saturated heterocycles. The van der Waals surface area contributed by atoms with Crippen molar-refractivity contribution in [2.45, 2.75) is 52.9 Å². The standard InChI is InChI=1S/C15H24/c1-12(2)6-5-7-14(4)15-10-8-13(3)9-11-15/h6,8,15H,4-5,7,9-11H2,1-3H3. The quantitative estimate of drug-likeness (QED) is 0.563. The van der Waals surface area contributed by atoms with Crippen molar-refractivity contribution >= 4 is 0 Å². The lowest BCUT2D eigenvalue weighted by atomic mass is 9.84. The molecule has 1 aliphatic rings. The molecule has 0 spiro atoms. The molecule has 0 heterocycles. The van der Waals surface area contributed by atoms with Gasteiger partial charge in [0.25, 0.3) is 0 Å². The van der Waals surface area contributed by atoms with Gasteiger partial charge < -0.3 is 0 Å². The third-order valence-corrected chi connectivity index (χ3v) is 3.23. The Bertz CT molecular complexity index is 274. The molecule has 1 rings (SSSR count). The van der Waals surface area contributed by atoms with Crippen LogP contribution in [0.25, 0.3) is 0 Å². The maximum absolute atomic E-state index is 4.24. The van der Waals surface area contributed by atoms with E-state index in [2.05, 4.69) is 39.5 Å². The fraction of sp³-hybridized carbons (Fsp3) is 0.600. The maximum atomic E-state index is 4.24. The summed E-state index contributed by atoms with van der Waals surface area (Å²) < 4.78 is 0. The Morgan fingerprint density at radius 1 is 1.53 bits per heavy atom. The lowest BCUT2D eigenvalue weighted by Gasteiger charge is -2.22. The van der Waals surface area contributed by atoms with Crippen molar-refractivity contribution in [2.24, 2.45) is 5.92 Å². The molecule has 0 saturated carbocycles. The Kier molecular flexibility index (Phi) is 4.87. The van der Waals surface area contributed by atoms with Gasteiger partial charge in [-0.25, -0.2) is 0 Å². The van der Waals surface area contributed by atoms with E-state index in [1.807, 2.05) is 0 Å². The predicted octanol–water partition coefficient (Wildman–Crippen LogP) is 5.04. The van der Waals surface area contributed by atoms with Crippen LogP contribution in [0.2, 0.25) is 0 Å². The van der Waals surface area contributed by atoms with Crippen LogP contribution in [0, 0.1) is 5.92 Å². The zero-order valence-corrected chi connectivity index (χ0v) is 10.5. The molecule has 0 N–H and O–H groups in total. The van der Waals surface area contributed by atoms with Crippen molar-refractivity contribution in [3.05, 3.63) is 35.5 Å². The second-order valence-electron chi connectivity index (χ2n) is 5.00. The van der Waals surface area contributed by atoms with Gasteiger partial charge in [-0.05, 0) is 58.8 Å². The third-order valence-electron chi connectivity index (χ3n) is 3.23. The van der Waals surface area contributed by atoms with Crippen molar-refractivity contribution in [3.63, 3.8) is 0 Å². The summed E-state index contributed by atoms with van der Waals surface area (Å²) in [6, 6.07) is 0. The van der Waals surface area contributed by atoms with E-state index in [1.54, 1.807) is 5.57 Å². The molecule has 1 unspecified atom stereocenters. The number of allylic oxidation sites excluding steroid dienone is 5. The van der Waals surface area contributed by atoms with Crippen LogP contribution in [-0.2, 0) is 0 Å². The molecule has 1 atom stereocenters. The monoisotopic (exact) mass is 204 g/mol. The van der Waals surface area contributed by atoms with E-state index < -0.39 is 0 Å². The summed E-state index contributed by atoms with van der Waals surface area (Å²) in [7, 11) is 0. The summed E-state index contributed by atoms with van der Waals surface area (Å²) >= 11 is 0. The van der Waals surface area contributed by atoms with Gasteiger partial charge in [0.1, 0.15) is 0 Å². The number of hydrogen-bond donors (Lipinski definition) is 0. The summed E-state index contributed by atoms with van der Waals surface area (Å²) in [6.45, 7) is 10.8. The summed E-state index contributed by atoms with van der Waals surface area (Å²) in [6.07, 6.45) is 10.8. The average molecular weight is 204 g/mol. The summed E-state index contributed by atoms with van der Waals surface area (Å²) in [5.74, 6) is 0.749. The largest absolute Gasteiger partial charge is 0.0996 e. The molecule has 0 heteroatoms. The first kappa shape index (κ1) is 12.3. The zero-order chi connectivity index (χ0) is 11.3. The molecule has 0 amide bonds. The van der Waals surface area contributed by atoms with E-state index in [1.165, 1.54) is 43.3 Å². The second-order valence-corrected chi connectivity index (χ2v) is 5.00. The van der Waals surface area contributed by atoms with Gasteiger partial charge in [-0.2, -0.15) is 0 Å². The highest BCUT2D eigenvalue weighted by Crippen LogP contribution is 2.30. The van der Waals surface area contributed by atoms with Crippen LogP contribution in [0.5, 0.6) is 0 Å². The van der Waals surface area contributed by atoms with Crippen LogP contribution in [-0.4, -0.2) is 0 Å². The molecule has 0 bridgehead atoms. The normalized spacial score (nSPS) is 20.7. The molecular formula is C15H24. The van der Waals surface area contributed by atoms with Gasteiger partial charge in [-0.15, -0.1) is 0 Å². The minimum Gasteiger partial charge on any atom is -0.0996 e. The van der Waals surface area contributed by atoms with E-state index in [0.29, 0.717) is 0 Å². The summed E-state index contributed by atoms with van der Waals surface area (Å²) in [4.78, 5) is 0. The van der Waals surface area contributed by atoms with Crippen molar-refractivity contribution in [1.82, 2.24) is 0 Å². The van der Waals surface area contributed by atoms with Crippen molar-refractivity contribution in [1.29, 1.82) is 0 Å². The minimum absolute atomic E-state index is 0.749. The van der Waals surface area contributed by atoms with Gasteiger partial charge in [0, 0.05) is 0 Å². The zero-order valence-electron chi connectivity index (χ0n) is 10.5. The van der Waals surface area contributed by atoms with Crippen LogP contribution in [0.1, 0.15) is 52.9 Å². The highest BCUT2D eigenvalue weighted by molar-refractivity contribution is 5.12. The van der Waals surface area contributed by atoms with E-state index in [9.17, 15) is 0 Å².